The molecule has 0 radical (unpaired) electrons. The normalized spacial score (nSPS) is 19.9. The summed E-state index contributed by atoms with van der Waals surface area (Å²) in [4.78, 5) is 2.56. The van der Waals surface area contributed by atoms with E-state index >= 15 is 0 Å². The molecule has 2 aliphatic rings. The Bertz CT molecular complexity index is 408. The van der Waals surface area contributed by atoms with Crippen LogP contribution in [0.5, 0.6) is 0 Å². The molecule has 0 bridgehead atoms. The van der Waals surface area contributed by atoms with Gasteiger partial charge in [0.25, 0.3) is 0 Å². The van der Waals surface area contributed by atoms with Gasteiger partial charge in [-0.2, -0.15) is 0 Å². The average molecular weight is 272 g/mol. The van der Waals surface area contributed by atoms with Crippen LogP contribution in [0.15, 0.2) is 24.3 Å². The van der Waals surface area contributed by atoms with Crippen molar-refractivity contribution >= 4 is 5.69 Å². The number of nitrogens with one attached hydrogen (secondary N) is 1. The zero-order valence-corrected chi connectivity index (χ0v) is 12.6. The highest BCUT2D eigenvalue weighted by Crippen LogP contribution is 2.27. The first kappa shape index (κ1) is 13.9. The maximum atomic E-state index is 3.78. The molecule has 0 amide bonds. The standard InChI is InChI=1S/C18H28N2/c1-2-4-10-17(9-3-1)19-13-7-14-20-15-12-16-8-5-6-11-18(16)20/h5-6,8,11,17,19H,1-4,7,9-10,12-15H2. The molecule has 0 saturated heterocycles. The zero-order valence-electron chi connectivity index (χ0n) is 12.6. The van der Waals surface area contributed by atoms with E-state index in [1.807, 2.05) is 0 Å². The SMILES string of the molecule is c1ccc2c(c1)CCN2CCCNC1CCCCCC1. The molecule has 1 aliphatic heterocycles. The van der Waals surface area contributed by atoms with Crippen molar-refractivity contribution in [2.24, 2.45) is 0 Å². The summed E-state index contributed by atoms with van der Waals surface area (Å²) in [5.41, 5.74) is 3.01. The monoisotopic (exact) mass is 272 g/mol. The first-order valence-corrected chi connectivity index (χ1v) is 8.50. The highest BCUT2D eigenvalue weighted by molar-refractivity contribution is 5.57. The van der Waals surface area contributed by atoms with Gasteiger partial charge >= 0.3 is 0 Å². The van der Waals surface area contributed by atoms with Crippen LogP contribution >= 0.6 is 0 Å². The minimum atomic E-state index is 0.795. The summed E-state index contributed by atoms with van der Waals surface area (Å²) in [6, 6.07) is 9.68. The summed E-state index contributed by atoms with van der Waals surface area (Å²) >= 11 is 0. The third-order valence-corrected chi connectivity index (χ3v) is 4.88. The molecule has 0 spiro atoms. The molecule has 110 valence electrons. The van der Waals surface area contributed by atoms with Crippen molar-refractivity contribution in [2.45, 2.75) is 57.4 Å². The van der Waals surface area contributed by atoms with Crippen molar-refractivity contribution in [2.75, 3.05) is 24.5 Å². The Morgan fingerprint density at radius 1 is 1.05 bits per heavy atom. The van der Waals surface area contributed by atoms with Crippen LogP contribution in [0.3, 0.4) is 0 Å². The Morgan fingerprint density at radius 2 is 1.85 bits per heavy atom. The fourth-order valence-electron chi connectivity index (χ4n) is 3.70. The summed E-state index contributed by atoms with van der Waals surface area (Å²) in [5.74, 6) is 0. The lowest BCUT2D eigenvalue weighted by Crippen LogP contribution is -2.32. The number of benzene rings is 1. The van der Waals surface area contributed by atoms with Crippen LogP contribution in [0.4, 0.5) is 5.69 Å². The molecule has 0 aromatic heterocycles. The Balaban J connectivity index is 1.38. The second-order valence-electron chi connectivity index (χ2n) is 6.36. The first-order chi connectivity index (χ1) is 9.93. The third-order valence-electron chi connectivity index (χ3n) is 4.88. The van der Waals surface area contributed by atoms with E-state index in [0.29, 0.717) is 0 Å². The van der Waals surface area contributed by atoms with Crippen LogP contribution in [0.1, 0.15) is 50.5 Å². The topological polar surface area (TPSA) is 15.3 Å². The molecule has 2 heteroatoms. The van der Waals surface area contributed by atoms with Crippen LogP contribution in [-0.4, -0.2) is 25.7 Å². The van der Waals surface area contributed by atoms with Crippen LogP contribution < -0.4 is 10.2 Å². The molecule has 1 aromatic rings. The molecular weight excluding hydrogens is 244 g/mol. The lowest BCUT2D eigenvalue weighted by Gasteiger charge is -2.21. The number of fused-ring (bicyclic) bond motifs is 1. The highest BCUT2D eigenvalue weighted by atomic mass is 15.1. The van der Waals surface area contributed by atoms with Crippen LogP contribution in [-0.2, 0) is 6.42 Å². The molecule has 1 fully saturated rings. The van der Waals surface area contributed by atoms with Crippen molar-refractivity contribution in [1.82, 2.24) is 5.32 Å². The highest BCUT2D eigenvalue weighted by Gasteiger charge is 2.17. The molecule has 1 aromatic carbocycles. The number of hydrogen-bond acceptors (Lipinski definition) is 2. The van der Waals surface area contributed by atoms with E-state index in [4.69, 9.17) is 0 Å². The number of nitrogens with zero attached hydrogens (tertiary/aromatic N) is 1. The number of para-hydroxylation sites is 1. The van der Waals surface area contributed by atoms with E-state index < -0.39 is 0 Å². The van der Waals surface area contributed by atoms with E-state index in [-0.39, 0.29) is 0 Å². The summed E-state index contributed by atoms with van der Waals surface area (Å²) in [6.45, 7) is 3.60. The fourth-order valence-corrected chi connectivity index (χ4v) is 3.70. The second kappa shape index (κ2) is 7.12. The van der Waals surface area contributed by atoms with Gasteiger partial charge in [0, 0.05) is 24.8 Å². The molecule has 0 atom stereocenters. The van der Waals surface area contributed by atoms with Gasteiger partial charge in [-0.3, -0.25) is 0 Å². The summed E-state index contributed by atoms with van der Waals surface area (Å²) in [5, 5.41) is 3.78. The fraction of sp³-hybridized carbons (Fsp3) is 0.667. The van der Waals surface area contributed by atoms with Crippen LogP contribution in [0.2, 0.25) is 0 Å². The molecular formula is C18H28N2. The maximum absolute atomic E-state index is 3.78. The Hall–Kier alpha value is -1.02. The lowest BCUT2D eigenvalue weighted by molar-refractivity contribution is 0.456. The van der Waals surface area contributed by atoms with Gasteiger partial charge in [0.15, 0.2) is 0 Å². The minimum absolute atomic E-state index is 0.795. The quantitative estimate of drug-likeness (QED) is 0.648. The summed E-state index contributed by atoms with van der Waals surface area (Å²) < 4.78 is 0. The Labute approximate surface area is 123 Å². The van der Waals surface area contributed by atoms with E-state index in [9.17, 15) is 0 Å². The number of hydrogen-bond donors (Lipinski definition) is 1. The third kappa shape index (κ3) is 3.54. The molecule has 3 rings (SSSR count). The molecule has 1 heterocycles. The van der Waals surface area contributed by atoms with E-state index in [2.05, 4.69) is 34.5 Å². The number of anilines is 1. The van der Waals surface area contributed by atoms with Crippen LogP contribution in [0, 0.1) is 0 Å². The van der Waals surface area contributed by atoms with Crippen molar-refractivity contribution in [1.29, 1.82) is 0 Å². The number of rotatable bonds is 5. The molecule has 1 saturated carbocycles. The van der Waals surface area contributed by atoms with Gasteiger partial charge in [-0.15, -0.1) is 0 Å². The minimum Gasteiger partial charge on any atom is -0.371 e. The molecule has 0 unspecified atom stereocenters. The van der Waals surface area contributed by atoms with Crippen molar-refractivity contribution in [3.63, 3.8) is 0 Å². The van der Waals surface area contributed by atoms with Gasteiger partial charge in [0.1, 0.15) is 0 Å². The van der Waals surface area contributed by atoms with Gasteiger partial charge in [-0.1, -0.05) is 43.9 Å². The largest absolute Gasteiger partial charge is 0.371 e. The van der Waals surface area contributed by atoms with Crippen molar-refractivity contribution in [3.8, 4) is 0 Å². The average Bonchev–Trinajstić information content (AvgIpc) is 2.71. The maximum Gasteiger partial charge on any atom is 0.0399 e. The molecule has 1 aliphatic carbocycles. The van der Waals surface area contributed by atoms with Gasteiger partial charge in [0.05, 0.1) is 0 Å². The van der Waals surface area contributed by atoms with Crippen LogP contribution in [0.25, 0.3) is 0 Å². The molecule has 2 nitrogen and oxygen atoms in total. The predicted octanol–water partition coefficient (Wildman–Crippen LogP) is 3.75. The zero-order chi connectivity index (χ0) is 13.6. The van der Waals surface area contributed by atoms with Gasteiger partial charge < -0.3 is 10.2 Å². The molecule has 1 N–H and O–H groups in total. The van der Waals surface area contributed by atoms with Gasteiger partial charge in [-0.25, -0.2) is 0 Å². The summed E-state index contributed by atoms with van der Waals surface area (Å²) in [7, 11) is 0. The first-order valence-electron chi connectivity index (χ1n) is 8.50. The van der Waals surface area contributed by atoms with Crippen molar-refractivity contribution in [3.05, 3.63) is 29.8 Å². The van der Waals surface area contributed by atoms with Gasteiger partial charge in [0.2, 0.25) is 0 Å². The lowest BCUT2D eigenvalue weighted by atomic mass is 10.1. The van der Waals surface area contributed by atoms with Crippen molar-refractivity contribution < 1.29 is 0 Å². The van der Waals surface area contributed by atoms with Gasteiger partial charge in [-0.05, 0) is 43.9 Å². The Kier molecular flexibility index (Phi) is 4.96. The second-order valence-corrected chi connectivity index (χ2v) is 6.36. The molecule has 20 heavy (non-hydrogen) atoms. The Morgan fingerprint density at radius 3 is 2.70 bits per heavy atom. The van der Waals surface area contributed by atoms with E-state index in [1.54, 1.807) is 0 Å². The predicted molar refractivity (Wildman–Crippen MR) is 86.5 cm³/mol. The summed E-state index contributed by atoms with van der Waals surface area (Å²) in [6.07, 6.45) is 11.0. The smallest absolute Gasteiger partial charge is 0.0399 e. The van der Waals surface area contributed by atoms with E-state index in [1.165, 1.54) is 82.3 Å². The van der Waals surface area contributed by atoms with E-state index in [0.717, 1.165) is 6.04 Å².